The predicted octanol–water partition coefficient (Wildman–Crippen LogP) is 1.80. The molecule has 136 valence electrons. The lowest BCUT2D eigenvalue weighted by Gasteiger charge is -2.28. The maximum Gasteiger partial charge on any atom is 0.238 e. The molecule has 0 spiro atoms. The molecule has 9 heteroatoms. The molecule has 0 aliphatic carbocycles. The molecule has 1 aliphatic rings. The van der Waals surface area contributed by atoms with Gasteiger partial charge in [0, 0.05) is 23.5 Å². The molecule has 0 atom stereocenters. The lowest BCUT2D eigenvalue weighted by molar-refractivity contribution is -0.117. The van der Waals surface area contributed by atoms with Crippen LogP contribution < -0.4 is 15.4 Å². The summed E-state index contributed by atoms with van der Waals surface area (Å²) in [5.41, 5.74) is 1.28. The molecular weight excluding hydrogens is 374 g/mol. The van der Waals surface area contributed by atoms with Crippen molar-refractivity contribution in [2.45, 2.75) is 16.2 Å². The highest BCUT2D eigenvalue weighted by Gasteiger charge is 2.24. The van der Waals surface area contributed by atoms with Crippen molar-refractivity contribution in [3.63, 3.8) is 0 Å². The minimum Gasteiger partial charge on any atom is -0.326 e. The first-order valence-corrected chi connectivity index (χ1v) is 10.3. The smallest absolute Gasteiger partial charge is 0.238 e. The predicted molar refractivity (Wildman–Crippen MR) is 101 cm³/mol. The maximum atomic E-state index is 12.2. The third-order valence-corrected chi connectivity index (χ3v) is 5.81. The van der Waals surface area contributed by atoms with Crippen LogP contribution in [0, 0.1) is 0 Å². The summed E-state index contributed by atoms with van der Waals surface area (Å²) >= 11 is 1.49. The zero-order valence-electron chi connectivity index (χ0n) is 13.7. The quantitative estimate of drug-likeness (QED) is 0.808. The SMILES string of the molecule is NS(=O)(=O)c1ccc(NC(=O)CCN2C(=O)CSc3ccccc32)cc1. The van der Waals surface area contributed by atoms with Crippen LogP contribution in [0.5, 0.6) is 0 Å². The lowest BCUT2D eigenvalue weighted by Crippen LogP contribution is -2.37. The van der Waals surface area contributed by atoms with Crippen molar-refractivity contribution < 1.29 is 18.0 Å². The number of hydrogen-bond donors (Lipinski definition) is 2. The zero-order chi connectivity index (χ0) is 18.7. The Morgan fingerprint density at radius 2 is 1.85 bits per heavy atom. The number of primary sulfonamides is 1. The Hall–Kier alpha value is -2.36. The number of nitrogens with one attached hydrogen (secondary N) is 1. The van der Waals surface area contributed by atoms with Gasteiger partial charge in [-0.25, -0.2) is 13.6 Å². The fourth-order valence-corrected chi connectivity index (χ4v) is 4.02. The van der Waals surface area contributed by atoms with E-state index in [4.69, 9.17) is 5.14 Å². The van der Waals surface area contributed by atoms with Crippen LogP contribution in [-0.4, -0.2) is 32.5 Å². The number of nitrogens with zero attached hydrogens (tertiary/aromatic N) is 1. The van der Waals surface area contributed by atoms with Gasteiger partial charge in [0.2, 0.25) is 21.8 Å². The number of fused-ring (bicyclic) bond motifs is 1. The lowest BCUT2D eigenvalue weighted by atomic mass is 10.2. The highest BCUT2D eigenvalue weighted by atomic mass is 32.2. The fraction of sp³-hybridized carbons (Fsp3) is 0.176. The number of carbonyl (C=O) groups excluding carboxylic acids is 2. The molecule has 0 fully saturated rings. The van der Waals surface area contributed by atoms with Crippen LogP contribution >= 0.6 is 11.8 Å². The fourth-order valence-electron chi connectivity index (χ4n) is 2.56. The van der Waals surface area contributed by atoms with Crippen molar-refractivity contribution >= 4 is 45.0 Å². The second-order valence-electron chi connectivity index (χ2n) is 5.67. The molecule has 0 aromatic heterocycles. The molecule has 2 aromatic carbocycles. The number of para-hydroxylation sites is 1. The van der Waals surface area contributed by atoms with E-state index >= 15 is 0 Å². The molecule has 2 aromatic rings. The topological polar surface area (TPSA) is 110 Å². The number of anilines is 2. The zero-order valence-corrected chi connectivity index (χ0v) is 15.3. The Labute approximate surface area is 155 Å². The van der Waals surface area contributed by atoms with Gasteiger partial charge in [-0.05, 0) is 36.4 Å². The van der Waals surface area contributed by atoms with Gasteiger partial charge in [0.15, 0.2) is 0 Å². The monoisotopic (exact) mass is 391 g/mol. The number of carbonyl (C=O) groups is 2. The van der Waals surface area contributed by atoms with Gasteiger partial charge in [-0.2, -0.15) is 0 Å². The summed E-state index contributed by atoms with van der Waals surface area (Å²) in [6, 6.07) is 13.2. The molecule has 0 saturated heterocycles. The van der Waals surface area contributed by atoms with E-state index in [1.54, 1.807) is 4.90 Å². The van der Waals surface area contributed by atoms with E-state index < -0.39 is 10.0 Å². The molecule has 3 rings (SSSR count). The van der Waals surface area contributed by atoms with Crippen LogP contribution in [-0.2, 0) is 19.6 Å². The normalized spacial score (nSPS) is 14.0. The summed E-state index contributed by atoms with van der Waals surface area (Å²) in [7, 11) is -3.77. The van der Waals surface area contributed by atoms with E-state index in [2.05, 4.69) is 5.32 Å². The van der Waals surface area contributed by atoms with Gasteiger partial charge < -0.3 is 10.2 Å². The molecule has 3 N–H and O–H groups in total. The van der Waals surface area contributed by atoms with Crippen LogP contribution in [0.25, 0.3) is 0 Å². The van der Waals surface area contributed by atoms with Crippen LogP contribution in [0.2, 0.25) is 0 Å². The second-order valence-corrected chi connectivity index (χ2v) is 8.25. The molecule has 7 nitrogen and oxygen atoms in total. The summed E-state index contributed by atoms with van der Waals surface area (Å²) < 4.78 is 22.5. The molecule has 0 saturated carbocycles. The molecular formula is C17H17N3O4S2. The summed E-state index contributed by atoms with van der Waals surface area (Å²) in [6.07, 6.45) is 0.127. The summed E-state index contributed by atoms with van der Waals surface area (Å²) in [4.78, 5) is 26.9. The average molecular weight is 391 g/mol. The molecule has 1 heterocycles. The van der Waals surface area contributed by atoms with Crippen molar-refractivity contribution in [3.8, 4) is 0 Å². The van der Waals surface area contributed by atoms with Crippen LogP contribution in [0.3, 0.4) is 0 Å². The average Bonchev–Trinajstić information content (AvgIpc) is 2.60. The van der Waals surface area contributed by atoms with Gasteiger partial charge in [-0.3, -0.25) is 9.59 Å². The Bertz CT molecular complexity index is 943. The summed E-state index contributed by atoms with van der Waals surface area (Å²) in [5.74, 6) is 0.0593. The first kappa shape index (κ1) is 18.4. The number of benzene rings is 2. The Balaban J connectivity index is 1.62. The standard InChI is InChI=1S/C17H17N3O4S2/c18-26(23,24)13-7-5-12(6-8-13)19-16(21)9-10-20-14-3-1-2-4-15(14)25-11-17(20)22/h1-8H,9-11H2,(H,19,21)(H2,18,23,24). The van der Waals surface area contributed by atoms with Gasteiger partial charge in [0.1, 0.15) is 0 Å². The van der Waals surface area contributed by atoms with Crippen molar-refractivity contribution in [2.75, 3.05) is 22.5 Å². The highest BCUT2D eigenvalue weighted by molar-refractivity contribution is 8.00. The number of nitrogens with two attached hydrogens (primary N) is 1. The summed E-state index contributed by atoms with van der Waals surface area (Å²) in [6.45, 7) is 0.275. The Morgan fingerprint density at radius 1 is 1.15 bits per heavy atom. The largest absolute Gasteiger partial charge is 0.326 e. The van der Waals surface area contributed by atoms with Crippen molar-refractivity contribution in [2.24, 2.45) is 5.14 Å². The van der Waals surface area contributed by atoms with Crippen LogP contribution in [0.1, 0.15) is 6.42 Å². The van der Waals surface area contributed by atoms with E-state index in [9.17, 15) is 18.0 Å². The third-order valence-electron chi connectivity index (χ3n) is 3.84. The minimum absolute atomic E-state index is 0.0245. The van der Waals surface area contributed by atoms with Gasteiger partial charge >= 0.3 is 0 Å². The van der Waals surface area contributed by atoms with E-state index in [1.165, 1.54) is 36.0 Å². The first-order valence-electron chi connectivity index (χ1n) is 7.79. The molecule has 0 radical (unpaired) electrons. The molecule has 26 heavy (non-hydrogen) atoms. The van der Waals surface area contributed by atoms with Crippen LogP contribution in [0.4, 0.5) is 11.4 Å². The minimum atomic E-state index is -3.77. The van der Waals surface area contributed by atoms with Crippen molar-refractivity contribution in [3.05, 3.63) is 48.5 Å². The van der Waals surface area contributed by atoms with E-state index in [1.807, 2.05) is 24.3 Å². The van der Waals surface area contributed by atoms with E-state index in [-0.39, 0.29) is 29.7 Å². The second kappa shape index (κ2) is 7.48. The number of rotatable bonds is 5. The van der Waals surface area contributed by atoms with Gasteiger partial charge in [0.25, 0.3) is 0 Å². The van der Waals surface area contributed by atoms with E-state index in [0.717, 1.165) is 10.6 Å². The third kappa shape index (κ3) is 4.24. The van der Waals surface area contributed by atoms with E-state index in [0.29, 0.717) is 11.4 Å². The molecule has 1 aliphatic heterocycles. The van der Waals surface area contributed by atoms with Gasteiger partial charge in [-0.15, -0.1) is 11.8 Å². The maximum absolute atomic E-state index is 12.2. The van der Waals surface area contributed by atoms with Gasteiger partial charge in [-0.1, -0.05) is 12.1 Å². The number of thioether (sulfide) groups is 1. The van der Waals surface area contributed by atoms with Gasteiger partial charge in [0.05, 0.1) is 16.3 Å². The first-order chi connectivity index (χ1) is 12.3. The number of amides is 2. The van der Waals surface area contributed by atoms with Crippen molar-refractivity contribution in [1.29, 1.82) is 0 Å². The number of sulfonamides is 1. The molecule has 2 amide bonds. The Morgan fingerprint density at radius 3 is 2.54 bits per heavy atom. The Kier molecular flexibility index (Phi) is 5.30. The molecule has 0 unspecified atom stereocenters. The summed E-state index contributed by atoms with van der Waals surface area (Å²) in [5, 5.41) is 7.72. The highest BCUT2D eigenvalue weighted by Crippen LogP contribution is 2.34. The van der Waals surface area contributed by atoms with Crippen LogP contribution in [0.15, 0.2) is 58.3 Å². The number of hydrogen-bond acceptors (Lipinski definition) is 5. The molecule has 0 bridgehead atoms. The van der Waals surface area contributed by atoms with Crippen molar-refractivity contribution in [1.82, 2.24) is 0 Å².